The quantitative estimate of drug-likeness (QED) is 0.710. The van der Waals surface area contributed by atoms with E-state index in [1.807, 2.05) is 24.3 Å². The highest BCUT2D eigenvalue weighted by molar-refractivity contribution is 9.10. The normalized spacial score (nSPS) is 18.7. The predicted molar refractivity (Wildman–Crippen MR) is 98.0 cm³/mol. The standard InChI is InChI=1S/C17H17BrClNO3S/c1-23-14-5-2-4-12(10-14)16-6-3-9-20(16)24(21,22)17-8-7-13(18)11-15(17)19/h2,4-5,7-8,10-11,16H,3,6,9H2,1H3. The van der Waals surface area contributed by atoms with Crippen molar-refractivity contribution >= 4 is 37.6 Å². The molecule has 1 heterocycles. The molecule has 3 rings (SSSR count). The van der Waals surface area contributed by atoms with Crippen LogP contribution in [0.15, 0.2) is 51.8 Å². The maximum Gasteiger partial charge on any atom is 0.245 e. The summed E-state index contributed by atoms with van der Waals surface area (Å²) in [5.41, 5.74) is 0.934. The van der Waals surface area contributed by atoms with Crippen molar-refractivity contribution in [2.75, 3.05) is 13.7 Å². The third-order valence-electron chi connectivity index (χ3n) is 4.16. The molecule has 1 atom stereocenters. The number of nitrogens with zero attached hydrogens (tertiary/aromatic N) is 1. The van der Waals surface area contributed by atoms with Gasteiger partial charge in [0.05, 0.1) is 18.2 Å². The molecule has 0 aromatic heterocycles. The molecule has 0 saturated carbocycles. The average molecular weight is 431 g/mol. The fraction of sp³-hybridized carbons (Fsp3) is 0.294. The van der Waals surface area contributed by atoms with Gasteiger partial charge in [0.1, 0.15) is 10.6 Å². The molecule has 0 bridgehead atoms. The summed E-state index contributed by atoms with van der Waals surface area (Å²) in [7, 11) is -2.06. The summed E-state index contributed by atoms with van der Waals surface area (Å²) in [6, 6.07) is 12.2. The van der Waals surface area contributed by atoms with E-state index in [0.717, 1.165) is 28.6 Å². The zero-order valence-electron chi connectivity index (χ0n) is 13.1. The Kier molecular flexibility index (Phi) is 5.20. The first-order valence-corrected chi connectivity index (χ1v) is 10.2. The Morgan fingerprint density at radius 1 is 1.25 bits per heavy atom. The first kappa shape index (κ1) is 17.7. The Morgan fingerprint density at radius 3 is 2.75 bits per heavy atom. The highest BCUT2D eigenvalue weighted by atomic mass is 79.9. The van der Waals surface area contributed by atoms with Crippen LogP contribution in [0.3, 0.4) is 0 Å². The number of halogens is 2. The first-order chi connectivity index (χ1) is 11.4. The van der Waals surface area contributed by atoms with Crippen molar-refractivity contribution in [3.63, 3.8) is 0 Å². The number of methoxy groups -OCH3 is 1. The molecule has 1 unspecified atom stereocenters. The zero-order valence-corrected chi connectivity index (χ0v) is 16.2. The van der Waals surface area contributed by atoms with E-state index in [1.54, 1.807) is 25.3 Å². The van der Waals surface area contributed by atoms with E-state index in [2.05, 4.69) is 15.9 Å². The van der Waals surface area contributed by atoms with Crippen LogP contribution in [0, 0.1) is 0 Å². The van der Waals surface area contributed by atoms with E-state index in [1.165, 1.54) is 4.31 Å². The Balaban J connectivity index is 2.00. The highest BCUT2D eigenvalue weighted by Gasteiger charge is 2.37. The van der Waals surface area contributed by atoms with Crippen LogP contribution in [0.2, 0.25) is 5.02 Å². The Bertz CT molecular complexity index is 857. The van der Waals surface area contributed by atoms with Gasteiger partial charge in [-0.1, -0.05) is 39.7 Å². The lowest BCUT2D eigenvalue weighted by Crippen LogP contribution is -2.30. The molecule has 1 aliphatic rings. The molecule has 1 fully saturated rings. The average Bonchev–Trinajstić information content (AvgIpc) is 3.05. The number of sulfonamides is 1. The lowest BCUT2D eigenvalue weighted by Gasteiger charge is -2.25. The zero-order chi connectivity index (χ0) is 17.3. The lowest BCUT2D eigenvalue weighted by molar-refractivity contribution is 0.390. The van der Waals surface area contributed by atoms with Gasteiger partial charge in [-0.05, 0) is 48.7 Å². The van der Waals surface area contributed by atoms with Crippen LogP contribution >= 0.6 is 27.5 Å². The molecule has 0 N–H and O–H groups in total. The summed E-state index contributed by atoms with van der Waals surface area (Å²) in [6.45, 7) is 0.483. The minimum Gasteiger partial charge on any atom is -0.497 e. The van der Waals surface area contributed by atoms with Crippen LogP contribution < -0.4 is 4.74 Å². The molecule has 4 nitrogen and oxygen atoms in total. The molecule has 0 amide bonds. The summed E-state index contributed by atoms with van der Waals surface area (Å²) in [4.78, 5) is 0.141. The molecule has 24 heavy (non-hydrogen) atoms. The number of hydrogen-bond donors (Lipinski definition) is 0. The molecule has 1 saturated heterocycles. The van der Waals surface area contributed by atoms with E-state index in [-0.39, 0.29) is 16.0 Å². The largest absolute Gasteiger partial charge is 0.497 e. The topological polar surface area (TPSA) is 46.6 Å². The second-order valence-corrected chi connectivity index (χ2v) is 8.81. The van der Waals surface area contributed by atoms with Gasteiger partial charge in [-0.2, -0.15) is 4.31 Å². The number of ether oxygens (including phenoxy) is 1. The molecule has 128 valence electrons. The first-order valence-electron chi connectivity index (χ1n) is 7.54. The molecule has 7 heteroatoms. The van der Waals surface area contributed by atoms with E-state index >= 15 is 0 Å². The molecule has 0 radical (unpaired) electrons. The third kappa shape index (κ3) is 3.33. The minimum absolute atomic E-state index is 0.141. The van der Waals surface area contributed by atoms with Crippen molar-refractivity contribution in [2.24, 2.45) is 0 Å². The van der Waals surface area contributed by atoms with Crippen LogP contribution in [-0.2, 0) is 10.0 Å². The second kappa shape index (κ2) is 7.04. The summed E-state index contributed by atoms with van der Waals surface area (Å²) in [5, 5.41) is 0.223. The van der Waals surface area contributed by atoms with Gasteiger partial charge < -0.3 is 4.74 Å². The molecule has 1 aliphatic heterocycles. The van der Waals surface area contributed by atoms with Crippen molar-refractivity contribution < 1.29 is 13.2 Å². The van der Waals surface area contributed by atoms with Crippen LogP contribution in [0.5, 0.6) is 5.75 Å². The van der Waals surface area contributed by atoms with Gasteiger partial charge in [0.2, 0.25) is 10.0 Å². The Morgan fingerprint density at radius 2 is 2.04 bits per heavy atom. The van der Waals surface area contributed by atoms with Gasteiger partial charge in [-0.3, -0.25) is 0 Å². The number of hydrogen-bond acceptors (Lipinski definition) is 3. The van der Waals surface area contributed by atoms with E-state index in [9.17, 15) is 8.42 Å². The highest BCUT2D eigenvalue weighted by Crippen LogP contribution is 2.39. The van der Waals surface area contributed by atoms with Crippen molar-refractivity contribution in [1.29, 1.82) is 0 Å². The summed E-state index contributed by atoms with van der Waals surface area (Å²) in [5.74, 6) is 0.721. The Hall–Kier alpha value is -1.08. The van der Waals surface area contributed by atoms with E-state index < -0.39 is 10.0 Å². The van der Waals surface area contributed by atoms with Gasteiger partial charge in [-0.25, -0.2) is 8.42 Å². The predicted octanol–water partition coefficient (Wildman–Crippen LogP) is 4.64. The summed E-state index contributed by atoms with van der Waals surface area (Å²) < 4.78 is 33.7. The van der Waals surface area contributed by atoms with Crippen molar-refractivity contribution in [2.45, 2.75) is 23.8 Å². The van der Waals surface area contributed by atoms with Crippen molar-refractivity contribution in [3.05, 3.63) is 57.5 Å². The molecule has 0 spiro atoms. The Labute approximate surface area is 155 Å². The van der Waals surface area contributed by atoms with Crippen LogP contribution in [-0.4, -0.2) is 26.4 Å². The smallest absolute Gasteiger partial charge is 0.245 e. The SMILES string of the molecule is COc1cccc(C2CCCN2S(=O)(=O)c2ccc(Br)cc2Cl)c1. The fourth-order valence-corrected chi connectivity index (χ4v) is 5.72. The second-order valence-electron chi connectivity index (χ2n) is 5.63. The fourth-order valence-electron chi connectivity index (χ4n) is 3.02. The van der Waals surface area contributed by atoms with Crippen LogP contribution in [0.1, 0.15) is 24.4 Å². The lowest BCUT2D eigenvalue weighted by atomic mass is 10.1. The van der Waals surface area contributed by atoms with E-state index in [0.29, 0.717) is 6.54 Å². The van der Waals surface area contributed by atoms with E-state index in [4.69, 9.17) is 16.3 Å². The van der Waals surface area contributed by atoms with Crippen molar-refractivity contribution in [1.82, 2.24) is 4.31 Å². The van der Waals surface area contributed by atoms with Gasteiger partial charge in [0, 0.05) is 11.0 Å². The maximum absolute atomic E-state index is 13.1. The molecule has 2 aromatic rings. The molecule has 0 aliphatic carbocycles. The van der Waals surface area contributed by atoms with Gasteiger partial charge in [-0.15, -0.1) is 0 Å². The van der Waals surface area contributed by atoms with Gasteiger partial charge >= 0.3 is 0 Å². The third-order valence-corrected chi connectivity index (χ3v) is 7.05. The summed E-state index contributed by atoms with van der Waals surface area (Å²) in [6.07, 6.45) is 1.59. The maximum atomic E-state index is 13.1. The number of rotatable bonds is 4. The molecule has 2 aromatic carbocycles. The molecular formula is C17H17BrClNO3S. The van der Waals surface area contributed by atoms with Crippen LogP contribution in [0.25, 0.3) is 0 Å². The number of benzene rings is 2. The van der Waals surface area contributed by atoms with Gasteiger partial charge in [0.15, 0.2) is 0 Å². The molecular weight excluding hydrogens is 414 g/mol. The van der Waals surface area contributed by atoms with Gasteiger partial charge in [0.25, 0.3) is 0 Å². The van der Waals surface area contributed by atoms with Crippen LogP contribution in [0.4, 0.5) is 0 Å². The van der Waals surface area contributed by atoms with Crippen molar-refractivity contribution in [3.8, 4) is 5.75 Å². The summed E-state index contributed by atoms with van der Waals surface area (Å²) >= 11 is 9.48. The monoisotopic (exact) mass is 429 g/mol. The minimum atomic E-state index is -3.66.